The summed E-state index contributed by atoms with van der Waals surface area (Å²) < 4.78 is 1.04. The molecule has 0 unspecified atom stereocenters. The summed E-state index contributed by atoms with van der Waals surface area (Å²) in [5, 5.41) is 6.95. The fourth-order valence-electron chi connectivity index (χ4n) is 2.13. The molecule has 1 heterocycles. The normalized spacial score (nSPS) is 10.6. The molecule has 6 heteroatoms. The van der Waals surface area contributed by atoms with Gasteiger partial charge in [-0.1, -0.05) is 28.1 Å². The first-order chi connectivity index (χ1) is 10.7. The first kappa shape index (κ1) is 15.0. The minimum absolute atomic E-state index is 0.610. The highest BCUT2D eigenvalue weighted by atomic mass is 79.9. The van der Waals surface area contributed by atoms with Gasteiger partial charge >= 0.3 is 0 Å². The van der Waals surface area contributed by atoms with Gasteiger partial charge in [-0.15, -0.1) is 0 Å². The lowest BCUT2D eigenvalue weighted by Gasteiger charge is -2.09. The van der Waals surface area contributed by atoms with Crippen LogP contribution in [0.4, 0.5) is 5.69 Å². The zero-order valence-electron chi connectivity index (χ0n) is 11.8. The van der Waals surface area contributed by atoms with Crippen LogP contribution in [-0.2, 0) is 6.42 Å². The molecule has 3 rings (SSSR count). The van der Waals surface area contributed by atoms with Gasteiger partial charge in [0.25, 0.3) is 0 Å². The van der Waals surface area contributed by atoms with E-state index < -0.39 is 0 Å². The predicted molar refractivity (Wildman–Crippen MR) is 98.2 cm³/mol. The van der Waals surface area contributed by atoms with Crippen molar-refractivity contribution < 1.29 is 0 Å². The van der Waals surface area contributed by atoms with Gasteiger partial charge in [0.05, 0.1) is 11.0 Å². The van der Waals surface area contributed by atoms with E-state index >= 15 is 0 Å². The van der Waals surface area contributed by atoms with E-state index in [2.05, 4.69) is 36.5 Å². The second-order valence-electron chi connectivity index (χ2n) is 4.84. The van der Waals surface area contributed by atoms with Crippen molar-refractivity contribution in [3.8, 4) is 0 Å². The Kier molecular flexibility index (Phi) is 4.70. The number of anilines is 1. The Morgan fingerprint density at radius 2 is 1.91 bits per heavy atom. The molecule has 0 aliphatic heterocycles. The molecule has 0 saturated heterocycles. The van der Waals surface area contributed by atoms with E-state index in [0.717, 1.165) is 40.0 Å². The molecule has 0 spiro atoms. The molecule has 3 aromatic rings. The SMILES string of the molecule is S=C(NCCc1nc2ccccc2[nH]1)Nc1ccc(Br)cc1. The fourth-order valence-corrected chi connectivity index (χ4v) is 2.61. The lowest BCUT2D eigenvalue weighted by atomic mass is 10.3. The van der Waals surface area contributed by atoms with Gasteiger partial charge in [-0.05, 0) is 48.6 Å². The third-order valence-corrected chi connectivity index (χ3v) is 3.96. The van der Waals surface area contributed by atoms with Crippen molar-refractivity contribution in [3.63, 3.8) is 0 Å². The summed E-state index contributed by atoms with van der Waals surface area (Å²) in [6.07, 6.45) is 0.789. The summed E-state index contributed by atoms with van der Waals surface area (Å²) in [7, 11) is 0. The van der Waals surface area contributed by atoms with E-state index in [0.29, 0.717) is 5.11 Å². The zero-order valence-corrected chi connectivity index (χ0v) is 14.2. The molecule has 0 amide bonds. The lowest BCUT2D eigenvalue weighted by Crippen LogP contribution is -2.30. The van der Waals surface area contributed by atoms with Crippen LogP contribution in [0.5, 0.6) is 0 Å². The van der Waals surface area contributed by atoms with E-state index in [1.165, 1.54) is 0 Å². The summed E-state index contributed by atoms with van der Waals surface area (Å²) >= 11 is 8.69. The summed E-state index contributed by atoms with van der Waals surface area (Å²) in [4.78, 5) is 7.84. The largest absolute Gasteiger partial charge is 0.362 e. The van der Waals surface area contributed by atoms with Crippen LogP contribution in [0, 0.1) is 0 Å². The number of aromatic amines is 1. The highest BCUT2D eigenvalue weighted by Gasteiger charge is 2.02. The Hall–Kier alpha value is -1.92. The maximum absolute atomic E-state index is 5.28. The number of benzene rings is 2. The van der Waals surface area contributed by atoms with Gasteiger partial charge in [0, 0.05) is 23.1 Å². The third-order valence-electron chi connectivity index (χ3n) is 3.19. The van der Waals surface area contributed by atoms with E-state index in [1.807, 2.05) is 48.5 Å². The van der Waals surface area contributed by atoms with Crippen LogP contribution >= 0.6 is 28.1 Å². The van der Waals surface area contributed by atoms with Gasteiger partial charge in [0.2, 0.25) is 0 Å². The molecule has 22 heavy (non-hydrogen) atoms. The smallest absolute Gasteiger partial charge is 0.170 e. The van der Waals surface area contributed by atoms with Crippen molar-refractivity contribution >= 4 is 50.0 Å². The van der Waals surface area contributed by atoms with Gasteiger partial charge < -0.3 is 15.6 Å². The molecule has 0 aliphatic rings. The molecule has 0 radical (unpaired) electrons. The molecule has 3 N–H and O–H groups in total. The first-order valence-corrected chi connectivity index (χ1v) is 8.15. The average molecular weight is 375 g/mol. The monoisotopic (exact) mass is 374 g/mol. The number of nitrogens with zero attached hydrogens (tertiary/aromatic N) is 1. The minimum atomic E-state index is 0.610. The molecule has 0 aliphatic carbocycles. The van der Waals surface area contributed by atoms with Crippen molar-refractivity contribution in [2.75, 3.05) is 11.9 Å². The van der Waals surface area contributed by atoms with E-state index in [4.69, 9.17) is 12.2 Å². The van der Waals surface area contributed by atoms with Gasteiger partial charge in [0.15, 0.2) is 5.11 Å². The highest BCUT2D eigenvalue weighted by Crippen LogP contribution is 2.14. The van der Waals surface area contributed by atoms with Crippen molar-refractivity contribution in [3.05, 3.63) is 58.8 Å². The van der Waals surface area contributed by atoms with Crippen molar-refractivity contribution in [1.29, 1.82) is 0 Å². The zero-order chi connectivity index (χ0) is 15.4. The standard InChI is InChI=1S/C16H15BrN4S/c17-11-5-7-12(8-6-11)19-16(22)18-10-9-15-20-13-3-1-2-4-14(13)21-15/h1-8H,9-10H2,(H,20,21)(H2,18,19,22). The average Bonchev–Trinajstić information content (AvgIpc) is 2.92. The van der Waals surface area contributed by atoms with E-state index in [1.54, 1.807) is 0 Å². The number of halogens is 1. The van der Waals surface area contributed by atoms with Gasteiger partial charge in [0.1, 0.15) is 5.82 Å². The number of aromatic nitrogens is 2. The Bertz CT molecular complexity index is 749. The fraction of sp³-hybridized carbons (Fsp3) is 0.125. The molecule has 0 bridgehead atoms. The summed E-state index contributed by atoms with van der Waals surface area (Å²) in [5.41, 5.74) is 3.02. The molecule has 0 fully saturated rings. The third kappa shape index (κ3) is 3.84. The van der Waals surface area contributed by atoms with Crippen molar-refractivity contribution in [2.24, 2.45) is 0 Å². The summed E-state index contributed by atoms with van der Waals surface area (Å²) in [6.45, 7) is 0.724. The second-order valence-corrected chi connectivity index (χ2v) is 6.16. The Labute approximate surface area is 142 Å². The van der Waals surface area contributed by atoms with Gasteiger partial charge in [-0.3, -0.25) is 0 Å². The minimum Gasteiger partial charge on any atom is -0.362 e. The number of H-pyrrole nitrogens is 1. The van der Waals surface area contributed by atoms with Gasteiger partial charge in [-0.25, -0.2) is 4.98 Å². The Balaban J connectivity index is 1.49. The molecular weight excluding hydrogens is 360 g/mol. The van der Waals surface area contributed by atoms with Gasteiger partial charge in [-0.2, -0.15) is 0 Å². The number of hydrogen-bond acceptors (Lipinski definition) is 2. The van der Waals surface area contributed by atoms with Crippen LogP contribution in [0.3, 0.4) is 0 Å². The first-order valence-electron chi connectivity index (χ1n) is 6.95. The van der Waals surface area contributed by atoms with Crippen LogP contribution in [0.2, 0.25) is 0 Å². The highest BCUT2D eigenvalue weighted by molar-refractivity contribution is 9.10. The number of hydrogen-bond donors (Lipinski definition) is 3. The predicted octanol–water partition coefficient (Wildman–Crippen LogP) is 3.85. The summed E-state index contributed by atoms with van der Waals surface area (Å²) in [6, 6.07) is 15.9. The lowest BCUT2D eigenvalue weighted by molar-refractivity contribution is 0.832. The van der Waals surface area contributed by atoms with Crippen LogP contribution in [0.25, 0.3) is 11.0 Å². The number of fused-ring (bicyclic) bond motifs is 1. The maximum Gasteiger partial charge on any atom is 0.170 e. The number of para-hydroxylation sites is 2. The molecular formula is C16H15BrN4S. The molecule has 2 aromatic carbocycles. The maximum atomic E-state index is 5.28. The van der Waals surface area contributed by atoms with E-state index in [-0.39, 0.29) is 0 Å². The van der Waals surface area contributed by atoms with Crippen LogP contribution in [-0.4, -0.2) is 21.6 Å². The van der Waals surface area contributed by atoms with E-state index in [9.17, 15) is 0 Å². The number of imidazole rings is 1. The number of rotatable bonds is 4. The molecule has 4 nitrogen and oxygen atoms in total. The molecule has 1 aromatic heterocycles. The summed E-state index contributed by atoms with van der Waals surface area (Å²) in [5.74, 6) is 0.958. The molecule has 0 saturated carbocycles. The van der Waals surface area contributed by atoms with Crippen molar-refractivity contribution in [1.82, 2.24) is 15.3 Å². The van der Waals surface area contributed by atoms with Crippen molar-refractivity contribution in [2.45, 2.75) is 6.42 Å². The Morgan fingerprint density at radius 1 is 1.14 bits per heavy atom. The quantitative estimate of drug-likeness (QED) is 0.607. The molecule has 112 valence electrons. The Morgan fingerprint density at radius 3 is 2.68 bits per heavy atom. The van der Waals surface area contributed by atoms with Crippen LogP contribution in [0.15, 0.2) is 53.0 Å². The number of thiocarbonyl (C=S) groups is 1. The second kappa shape index (κ2) is 6.89. The number of nitrogens with one attached hydrogen (secondary N) is 3. The molecule has 0 atom stereocenters. The van der Waals surface area contributed by atoms with Crippen LogP contribution < -0.4 is 10.6 Å². The van der Waals surface area contributed by atoms with Crippen LogP contribution in [0.1, 0.15) is 5.82 Å². The topological polar surface area (TPSA) is 52.7 Å².